The summed E-state index contributed by atoms with van der Waals surface area (Å²) in [6, 6.07) is 0. The zero-order valence-electron chi connectivity index (χ0n) is 6.66. The maximum Gasteiger partial charge on any atom is 0.0919 e. The van der Waals surface area contributed by atoms with Gasteiger partial charge in [-0.3, -0.25) is 0 Å². The third kappa shape index (κ3) is 4.37. The van der Waals surface area contributed by atoms with Crippen molar-refractivity contribution in [3.63, 3.8) is 0 Å². The van der Waals surface area contributed by atoms with Crippen LogP contribution in [-0.4, -0.2) is 9.97 Å². The Bertz CT molecular complexity index is 152. The Hall–Kier alpha value is -1.05. The summed E-state index contributed by atoms with van der Waals surface area (Å²) in [7, 11) is 0. The summed E-state index contributed by atoms with van der Waals surface area (Å²) in [6.45, 7) is 0. The Kier molecular flexibility index (Phi) is 4.18. The highest BCUT2D eigenvalue weighted by Crippen LogP contribution is 2.07. The van der Waals surface area contributed by atoms with E-state index in [0.29, 0.717) is 0 Å². The molecule has 1 heterocycles. The average molecular weight is 150 g/mol. The van der Waals surface area contributed by atoms with E-state index in [1.54, 1.807) is 18.7 Å². The second-order valence-electron chi connectivity index (χ2n) is 2.52. The quantitative estimate of drug-likeness (QED) is 0.565. The summed E-state index contributed by atoms with van der Waals surface area (Å²) < 4.78 is 0. The van der Waals surface area contributed by atoms with Crippen molar-refractivity contribution in [2.45, 2.75) is 25.7 Å². The minimum Gasteiger partial charge on any atom is -0.351 e. The zero-order valence-corrected chi connectivity index (χ0v) is 6.66. The number of nitrogens with one attached hydrogen (secondary N) is 1. The minimum atomic E-state index is 1.32. The second kappa shape index (κ2) is 5.71. The van der Waals surface area contributed by atoms with Crippen LogP contribution in [0.3, 0.4) is 0 Å². The highest BCUT2D eigenvalue weighted by atomic mass is 14.8. The number of H-pyrrole nitrogens is 1. The molecule has 0 bridgehead atoms. The van der Waals surface area contributed by atoms with Crippen LogP contribution in [0.5, 0.6) is 0 Å². The van der Waals surface area contributed by atoms with Crippen LogP contribution in [-0.2, 0) is 0 Å². The van der Waals surface area contributed by atoms with Crippen molar-refractivity contribution < 1.29 is 0 Å². The van der Waals surface area contributed by atoms with E-state index in [9.17, 15) is 0 Å². The fourth-order valence-corrected chi connectivity index (χ4v) is 0.975. The number of allylic oxidation sites excluding steroid dienone is 2. The summed E-state index contributed by atoms with van der Waals surface area (Å²) in [5, 5.41) is 0. The molecule has 2 nitrogen and oxygen atoms in total. The van der Waals surface area contributed by atoms with Crippen molar-refractivity contribution in [3.05, 3.63) is 30.9 Å². The lowest BCUT2D eigenvalue weighted by atomic mass is 10.1. The minimum absolute atomic E-state index is 1.32. The predicted molar refractivity (Wildman–Crippen MR) is 46.2 cm³/mol. The Morgan fingerprint density at radius 1 is 1.09 bits per heavy atom. The average Bonchev–Trinajstić information content (AvgIpc) is 2.64. The maximum absolute atomic E-state index is 3.67. The Morgan fingerprint density at radius 3 is 2.00 bits per heavy atom. The van der Waals surface area contributed by atoms with Crippen molar-refractivity contribution in [3.8, 4) is 0 Å². The third-order valence-electron chi connectivity index (χ3n) is 1.56. The molecule has 1 N–H and O–H groups in total. The summed E-state index contributed by atoms with van der Waals surface area (Å²) in [5.41, 5.74) is 0. The Labute approximate surface area is 67.4 Å². The molecule has 1 aromatic rings. The van der Waals surface area contributed by atoms with Gasteiger partial charge in [-0.05, 0) is 25.7 Å². The van der Waals surface area contributed by atoms with E-state index >= 15 is 0 Å². The normalized spacial score (nSPS) is 15.3. The van der Waals surface area contributed by atoms with Gasteiger partial charge in [0.15, 0.2) is 0 Å². The molecule has 0 fully saturated rings. The van der Waals surface area contributed by atoms with E-state index in [4.69, 9.17) is 0 Å². The van der Waals surface area contributed by atoms with Crippen LogP contribution >= 0.6 is 0 Å². The van der Waals surface area contributed by atoms with Crippen LogP contribution in [0, 0.1) is 0 Å². The second-order valence-corrected chi connectivity index (χ2v) is 2.52. The van der Waals surface area contributed by atoms with Crippen molar-refractivity contribution in [1.82, 2.24) is 9.97 Å². The number of hydrogen-bond donors (Lipinski definition) is 1. The molecular weight excluding hydrogens is 136 g/mol. The molecule has 1 aliphatic carbocycles. The van der Waals surface area contributed by atoms with Crippen LogP contribution in [0.4, 0.5) is 0 Å². The van der Waals surface area contributed by atoms with Gasteiger partial charge in [0, 0.05) is 12.4 Å². The molecule has 2 heteroatoms. The summed E-state index contributed by atoms with van der Waals surface area (Å²) in [4.78, 5) is 6.42. The first-order valence-electron chi connectivity index (χ1n) is 4.08. The molecule has 0 amide bonds. The fraction of sp³-hybridized carbons (Fsp3) is 0.444. The summed E-state index contributed by atoms with van der Waals surface area (Å²) in [6.07, 6.45) is 15.1. The van der Waals surface area contributed by atoms with Gasteiger partial charge in [-0.2, -0.15) is 0 Å². The van der Waals surface area contributed by atoms with Crippen molar-refractivity contribution >= 4 is 0 Å². The fourth-order valence-electron chi connectivity index (χ4n) is 0.975. The van der Waals surface area contributed by atoms with Gasteiger partial charge in [0.25, 0.3) is 0 Å². The molecule has 0 aliphatic heterocycles. The van der Waals surface area contributed by atoms with Gasteiger partial charge in [-0.15, -0.1) is 0 Å². The van der Waals surface area contributed by atoms with E-state index < -0.39 is 0 Å². The SMILES string of the molecule is C1=CCCCC1.c1c[nH]cn1. The topological polar surface area (TPSA) is 28.7 Å². The van der Waals surface area contributed by atoms with E-state index in [0.717, 1.165) is 0 Å². The van der Waals surface area contributed by atoms with Crippen LogP contribution in [0.15, 0.2) is 30.9 Å². The molecule has 60 valence electrons. The summed E-state index contributed by atoms with van der Waals surface area (Å²) in [5.74, 6) is 0. The molecule has 0 aromatic carbocycles. The lowest BCUT2D eigenvalue weighted by Gasteiger charge is -1.97. The van der Waals surface area contributed by atoms with Crippen LogP contribution in [0.25, 0.3) is 0 Å². The molecule has 0 spiro atoms. The number of nitrogens with zero attached hydrogens (tertiary/aromatic N) is 1. The third-order valence-corrected chi connectivity index (χ3v) is 1.56. The standard InChI is InChI=1S/C6H10.C3H4N2/c1-2-4-6-5-3-1;1-2-5-3-4-1/h1-2H,3-6H2;1-3H,(H,4,5). The van der Waals surface area contributed by atoms with E-state index in [1.807, 2.05) is 0 Å². The van der Waals surface area contributed by atoms with Crippen LogP contribution < -0.4 is 0 Å². The van der Waals surface area contributed by atoms with Gasteiger partial charge in [0.1, 0.15) is 0 Å². The van der Waals surface area contributed by atoms with Gasteiger partial charge in [0.2, 0.25) is 0 Å². The van der Waals surface area contributed by atoms with Crippen molar-refractivity contribution in [2.24, 2.45) is 0 Å². The molecule has 11 heavy (non-hydrogen) atoms. The Balaban J connectivity index is 0.000000112. The first kappa shape index (κ1) is 8.05. The molecule has 1 aliphatic rings. The number of rotatable bonds is 0. The molecule has 0 atom stereocenters. The monoisotopic (exact) mass is 150 g/mol. The molecule has 0 saturated carbocycles. The lowest BCUT2D eigenvalue weighted by Crippen LogP contribution is -1.77. The highest BCUT2D eigenvalue weighted by Gasteiger charge is 1.87. The Morgan fingerprint density at radius 2 is 1.82 bits per heavy atom. The van der Waals surface area contributed by atoms with E-state index in [1.165, 1.54) is 25.7 Å². The molecule has 0 radical (unpaired) electrons. The van der Waals surface area contributed by atoms with Crippen molar-refractivity contribution in [1.29, 1.82) is 0 Å². The molecular formula is C9H14N2. The maximum atomic E-state index is 3.67. The van der Waals surface area contributed by atoms with Crippen molar-refractivity contribution in [2.75, 3.05) is 0 Å². The first-order valence-corrected chi connectivity index (χ1v) is 4.08. The highest BCUT2D eigenvalue weighted by molar-refractivity contribution is 4.85. The number of aromatic nitrogens is 2. The first-order chi connectivity index (χ1) is 5.50. The molecule has 1 aromatic heterocycles. The largest absolute Gasteiger partial charge is 0.351 e. The molecule has 0 saturated heterocycles. The van der Waals surface area contributed by atoms with Gasteiger partial charge in [-0.1, -0.05) is 12.2 Å². The van der Waals surface area contributed by atoms with Gasteiger partial charge < -0.3 is 4.98 Å². The summed E-state index contributed by atoms with van der Waals surface area (Å²) >= 11 is 0. The number of imidazole rings is 1. The van der Waals surface area contributed by atoms with E-state index in [-0.39, 0.29) is 0 Å². The van der Waals surface area contributed by atoms with Gasteiger partial charge in [0.05, 0.1) is 6.33 Å². The van der Waals surface area contributed by atoms with Crippen LogP contribution in [0.2, 0.25) is 0 Å². The lowest BCUT2D eigenvalue weighted by molar-refractivity contribution is 0.730. The molecule has 2 rings (SSSR count). The predicted octanol–water partition coefficient (Wildman–Crippen LogP) is 2.53. The molecule has 0 unspecified atom stereocenters. The smallest absolute Gasteiger partial charge is 0.0919 e. The van der Waals surface area contributed by atoms with Crippen LogP contribution in [0.1, 0.15) is 25.7 Å². The number of aromatic amines is 1. The van der Waals surface area contributed by atoms with E-state index in [2.05, 4.69) is 22.1 Å². The van der Waals surface area contributed by atoms with Gasteiger partial charge in [-0.25, -0.2) is 4.98 Å². The zero-order chi connectivity index (χ0) is 7.78. The number of hydrogen-bond acceptors (Lipinski definition) is 1. The van der Waals surface area contributed by atoms with Gasteiger partial charge >= 0.3 is 0 Å².